The van der Waals surface area contributed by atoms with E-state index < -0.39 is 6.10 Å². The quantitative estimate of drug-likeness (QED) is 0.898. The first-order valence-electron chi connectivity index (χ1n) is 7.61. The van der Waals surface area contributed by atoms with Gasteiger partial charge in [0.05, 0.1) is 26.9 Å². The van der Waals surface area contributed by atoms with Crippen molar-refractivity contribution in [1.82, 2.24) is 15.0 Å². The Morgan fingerprint density at radius 3 is 2.70 bits per heavy atom. The standard InChI is InChI=1S/C16H21N3O4/c1-4-14-17-15(23-18-14)9-19-7-10-12(21-2)5-6-13(22-3)16(10)11(20)8-19/h5-6,11,20H,4,7-9H2,1-3H3. The molecule has 0 radical (unpaired) electrons. The molecule has 0 aliphatic carbocycles. The number of β-amino-alcohol motifs (C(OH)–C–C–N with tert-alkyl or cyclic N) is 1. The number of hydrogen-bond donors (Lipinski definition) is 1. The highest BCUT2D eigenvalue weighted by atomic mass is 16.5. The number of benzene rings is 1. The van der Waals surface area contributed by atoms with Crippen LogP contribution in [0.1, 0.15) is 35.9 Å². The van der Waals surface area contributed by atoms with E-state index in [1.807, 2.05) is 19.1 Å². The van der Waals surface area contributed by atoms with E-state index in [2.05, 4.69) is 15.0 Å². The lowest BCUT2D eigenvalue weighted by Crippen LogP contribution is -2.33. The molecule has 1 atom stereocenters. The molecule has 0 fully saturated rings. The summed E-state index contributed by atoms with van der Waals surface area (Å²) in [4.78, 5) is 6.38. The van der Waals surface area contributed by atoms with Gasteiger partial charge in [-0.1, -0.05) is 12.1 Å². The first-order valence-corrected chi connectivity index (χ1v) is 7.61. The maximum absolute atomic E-state index is 10.5. The van der Waals surface area contributed by atoms with Crippen molar-refractivity contribution in [3.05, 3.63) is 35.0 Å². The average Bonchev–Trinajstić information content (AvgIpc) is 3.01. The van der Waals surface area contributed by atoms with Crippen LogP contribution in [0.2, 0.25) is 0 Å². The van der Waals surface area contributed by atoms with Crippen LogP contribution in [-0.4, -0.2) is 40.9 Å². The Morgan fingerprint density at radius 1 is 1.30 bits per heavy atom. The number of hydrogen-bond acceptors (Lipinski definition) is 7. The van der Waals surface area contributed by atoms with Crippen molar-refractivity contribution in [2.24, 2.45) is 0 Å². The zero-order valence-electron chi connectivity index (χ0n) is 13.6. The van der Waals surface area contributed by atoms with Crippen LogP contribution in [0.3, 0.4) is 0 Å². The molecule has 7 nitrogen and oxygen atoms in total. The molecule has 0 spiro atoms. The van der Waals surface area contributed by atoms with Crippen molar-refractivity contribution in [2.75, 3.05) is 20.8 Å². The number of aromatic nitrogens is 2. The van der Waals surface area contributed by atoms with E-state index >= 15 is 0 Å². The minimum Gasteiger partial charge on any atom is -0.496 e. The van der Waals surface area contributed by atoms with Crippen LogP contribution in [0.25, 0.3) is 0 Å². The van der Waals surface area contributed by atoms with E-state index in [9.17, 15) is 5.11 Å². The molecule has 1 N–H and O–H groups in total. The summed E-state index contributed by atoms with van der Waals surface area (Å²) in [7, 11) is 3.23. The number of aliphatic hydroxyl groups excluding tert-OH is 1. The fourth-order valence-electron chi connectivity index (χ4n) is 2.95. The molecule has 23 heavy (non-hydrogen) atoms. The van der Waals surface area contributed by atoms with E-state index in [1.54, 1.807) is 14.2 Å². The molecule has 1 aromatic heterocycles. The van der Waals surface area contributed by atoms with Gasteiger partial charge in [0, 0.05) is 30.6 Å². The Labute approximate surface area is 134 Å². The fraction of sp³-hybridized carbons (Fsp3) is 0.500. The van der Waals surface area contributed by atoms with Gasteiger partial charge >= 0.3 is 0 Å². The second kappa shape index (κ2) is 6.55. The maximum Gasteiger partial charge on any atom is 0.240 e. The molecule has 2 heterocycles. The summed E-state index contributed by atoms with van der Waals surface area (Å²) in [5.41, 5.74) is 1.73. The predicted molar refractivity (Wildman–Crippen MR) is 82.3 cm³/mol. The summed E-state index contributed by atoms with van der Waals surface area (Å²) < 4.78 is 16.1. The van der Waals surface area contributed by atoms with Crippen molar-refractivity contribution < 1.29 is 19.1 Å². The van der Waals surface area contributed by atoms with E-state index in [1.165, 1.54) is 0 Å². The molecule has 1 aliphatic heterocycles. The van der Waals surface area contributed by atoms with E-state index in [0.29, 0.717) is 37.1 Å². The summed E-state index contributed by atoms with van der Waals surface area (Å²) in [6.07, 6.45) is 0.0809. The van der Waals surface area contributed by atoms with Crippen molar-refractivity contribution in [1.29, 1.82) is 0 Å². The van der Waals surface area contributed by atoms with Gasteiger partial charge in [-0.3, -0.25) is 4.90 Å². The molecule has 7 heteroatoms. The first-order chi connectivity index (χ1) is 11.2. The van der Waals surface area contributed by atoms with Crippen molar-refractivity contribution in [3.8, 4) is 11.5 Å². The summed E-state index contributed by atoms with van der Waals surface area (Å²) in [6, 6.07) is 3.68. The SMILES string of the molecule is CCc1noc(CN2Cc3c(OC)ccc(OC)c3C(O)C2)n1. The zero-order chi connectivity index (χ0) is 16.4. The van der Waals surface area contributed by atoms with E-state index in [-0.39, 0.29) is 0 Å². The lowest BCUT2D eigenvalue weighted by Gasteiger charge is -2.33. The van der Waals surface area contributed by atoms with Gasteiger partial charge in [0.2, 0.25) is 5.89 Å². The number of rotatable bonds is 5. The Balaban J connectivity index is 1.87. The second-order valence-electron chi connectivity index (χ2n) is 5.51. The monoisotopic (exact) mass is 319 g/mol. The molecule has 2 aromatic rings. The molecule has 0 amide bonds. The van der Waals surface area contributed by atoms with Crippen LogP contribution in [0.15, 0.2) is 16.7 Å². The van der Waals surface area contributed by atoms with Gasteiger partial charge in [-0.05, 0) is 12.1 Å². The summed E-state index contributed by atoms with van der Waals surface area (Å²) in [6.45, 7) is 3.56. The molecule has 0 saturated carbocycles. The lowest BCUT2D eigenvalue weighted by atomic mass is 9.95. The normalized spacial score (nSPS) is 17.8. The lowest BCUT2D eigenvalue weighted by molar-refractivity contribution is 0.0779. The highest BCUT2D eigenvalue weighted by molar-refractivity contribution is 5.51. The molecular weight excluding hydrogens is 298 g/mol. The third kappa shape index (κ3) is 3.02. The summed E-state index contributed by atoms with van der Waals surface area (Å²) in [5, 5.41) is 14.5. The van der Waals surface area contributed by atoms with Crippen LogP contribution < -0.4 is 9.47 Å². The average molecular weight is 319 g/mol. The Hall–Kier alpha value is -2.12. The molecule has 1 aromatic carbocycles. The van der Waals surface area contributed by atoms with Gasteiger partial charge in [-0.25, -0.2) is 0 Å². The number of aliphatic hydroxyl groups is 1. The minimum atomic E-state index is -0.655. The zero-order valence-corrected chi connectivity index (χ0v) is 13.6. The smallest absolute Gasteiger partial charge is 0.240 e. The van der Waals surface area contributed by atoms with Gasteiger partial charge in [0.1, 0.15) is 11.5 Å². The third-order valence-corrected chi connectivity index (χ3v) is 4.05. The highest BCUT2D eigenvalue weighted by Gasteiger charge is 2.30. The van der Waals surface area contributed by atoms with Crippen LogP contribution >= 0.6 is 0 Å². The number of nitrogens with zero attached hydrogens (tertiary/aromatic N) is 3. The van der Waals surface area contributed by atoms with Crippen molar-refractivity contribution in [2.45, 2.75) is 32.5 Å². The molecule has 124 valence electrons. The maximum atomic E-state index is 10.5. The molecule has 1 aliphatic rings. The number of fused-ring (bicyclic) bond motifs is 1. The minimum absolute atomic E-state index is 0.473. The van der Waals surface area contributed by atoms with Gasteiger partial charge < -0.3 is 19.1 Å². The molecule has 1 unspecified atom stereocenters. The molecule has 0 saturated heterocycles. The summed E-state index contributed by atoms with van der Waals surface area (Å²) in [5.74, 6) is 2.67. The van der Waals surface area contributed by atoms with Crippen LogP contribution in [0.4, 0.5) is 0 Å². The van der Waals surface area contributed by atoms with Gasteiger partial charge in [-0.15, -0.1) is 0 Å². The number of ether oxygens (including phenoxy) is 2. The summed E-state index contributed by atoms with van der Waals surface area (Å²) >= 11 is 0. The van der Waals surface area contributed by atoms with Crippen molar-refractivity contribution >= 4 is 0 Å². The molecule has 3 rings (SSSR count). The topological polar surface area (TPSA) is 80.9 Å². The van der Waals surface area contributed by atoms with Crippen molar-refractivity contribution in [3.63, 3.8) is 0 Å². The second-order valence-corrected chi connectivity index (χ2v) is 5.51. The number of methoxy groups -OCH3 is 2. The Kier molecular flexibility index (Phi) is 4.49. The van der Waals surface area contributed by atoms with Crippen LogP contribution in [-0.2, 0) is 19.5 Å². The Morgan fingerprint density at radius 2 is 2.04 bits per heavy atom. The largest absolute Gasteiger partial charge is 0.496 e. The highest BCUT2D eigenvalue weighted by Crippen LogP contribution is 2.39. The van der Waals surface area contributed by atoms with Crippen LogP contribution in [0, 0.1) is 0 Å². The van der Waals surface area contributed by atoms with E-state index in [4.69, 9.17) is 14.0 Å². The Bertz CT molecular complexity index is 686. The van der Waals surface area contributed by atoms with E-state index in [0.717, 1.165) is 23.3 Å². The predicted octanol–water partition coefficient (Wildman–Crippen LogP) is 1.70. The first kappa shape index (κ1) is 15.8. The molecular formula is C16H21N3O4. The van der Waals surface area contributed by atoms with Gasteiger partial charge in [0.25, 0.3) is 0 Å². The molecule has 0 bridgehead atoms. The third-order valence-electron chi connectivity index (χ3n) is 4.05. The van der Waals surface area contributed by atoms with Crippen LogP contribution in [0.5, 0.6) is 11.5 Å². The van der Waals surface area contributed by atoms with Gasteiger partial charge in [-0.2, -0.15) is 4.98 Å². The number of aryl methyl sites for hydroxylation is 1. The van der Waals surface area contributed by atoms with Gasteiger partial charge in [0.15, 0.2) is 5.82 Å². The fourth-order valence-corrected chi connectivity index (χ4v) is 2.95.